The molecule has 1 aliphatic heterocycles. The van der Waals surface area contributed by atoms with Crippen LogP contribution < -0.4 is 10.6 Å². The number of carbonyl (C=O) groups is 2. The number of hydrogen-bond acceptors (Lipinski definition) is 6. The van der Waals surface area contributed by atoms with Crippen LogP contribution in [0.4, 0.5) is 5.69 Å². The maximum absolute atomic E-state index is 12.3. The van der Waals surface area contributed by atoms with Gasteiger partial charge in [-0.15, -0.1) is 5.10 Å². The van der Waals surface area contributed by atoms with Crippen LogP contribution in [-0.4, -0.2) is 28.4 Å². The molecule has 1 aromatic heterocycles. The molecule has 0 spiro atoms. The zero-order chi connectivity index (χ0) is 18.5. The van der Waals surface area contributed by atoms with E-state index in [0.29, 0.717) is 10.9 Å². The van der Waals surface area contributed by atoms with Crippen molar-refractivity contribution >= 4 is 40.6 Å². The predicted molar refractivity (Wildman–Crippen MR) is 102 cm³/mol. The molecule has 1 aliphatic rings. The van der Waals surface area contributed by atoms with Crippen LogP contribution in [0.3, 0.4) is 0 Å². The monoisotopic (exact) mass is 370 g/mol. The van der Waals surface area contributed by atoms with Crippen molar-refractivity contribution in [1.82, 2.24) is 5.32 Å². The van der Waals surface area contributed by atoms with Crippen LogP contribution in [0.25, 0.3) is 0 Å². The van der Waals surface area contributed by atoms with E-state index in [1.807, 2.05) is 32.0 Å². The molecule has 0 unspecified atom stereocenters. The molecule has 1 atom stereocenters. The van der Waals surface area contributed by atoms with Crippen LogP contribution in [0, 0.1) is 13.8 Å². The molecule has 2 aromatic rings. The molecule has 134 valence electrons. The summed E-state index contributed by atoms with van der Waals surface area (Å²) in [6, 6.07) is 9.20. The van der Waals surface area contributed by atoms with E-state index < -0.39 is 5.25 Å². The number of aryl methyl sites for hydroxylation is 1. The first kappa shape index (κ1) is 17.9. The average molecular weight is 370 g/mol. The number of amidine groups is 1. The molecular weight excluding hydrogens is 352 g/mol. The first-order valence-corrected chi connectivity index (χ1v) is 8.89. The molecule has 1 fully saturated rings. The number of benzene rings is 1. The topological polar surface area (TPSA) is 96.1 Å². The number of furan rings is 1. The summed E-state index contributed by atoms with van der Waals surface area (Å²) in [6.45, 7) is 3.93. The van der Waals surface area contributed by atoms with Crippen molar-refractivity contribution in [1.29, 1.82) is 0 Å². The summed E-state index contributed by atoms with van der Waals surface area (Å²) in [5.74, 6) is 0.0953. The number of amides is 2. The lowest BCUT2D eigenvalue weighted by molar-refractivity contribution is -0.122. The molecule has 26 heavy (non-hydrogen) atoms. The van der Waals surface area contributed by atoms with Crippen LogP contribution >= 0.6 is 11.8 Å². The lowest BCUT2D eigenvalue weighted by Gasteiger charge is -2.11. The molecule has 1 saturated heterocycles. The number of hydrogen-bond donors (Lipinski definition) is 2. The summed E-state index contributed by atoms with van der Waals surface area (Å²) in [4.78, 5) is 24.3. The minimum Gasteiger partial charge on any atom is -0.463 e. The number of nitrogens with one attached hydrogen (secondary N) is 2. The Bertz CT molecular complexity index is 875. The highest BCUT2D eigenvalue weighted by molar-refractivity contribution is 8.15. The van der Waals surface area contributed by atoms with E-state index in [2.05, 4.69) is 20.8 Å². The van der Waals surface area contributed by atoms with Gasteiger partial charge >= 0.3 is 0 Å². The largest absolute Gasteiger partial charge is 0.463 e. The van der Waals surface area contributed by atoms with E-state index >= 15 is 0 Å². The second-order valence-corrected chi connectivity index (χ2v) is 6.95. The summed E-state index contributed by atoms with van der Waals surface area (Å²) >= 11 is 1.19. The Morgan fingerprint density at radius 3 is 2.96 bits per heavy atom. The van der Waals surface area contributed by atoms with Gasteiger partial charge in [-0.2, -0.15) is 5.10 Å². The molecule has 8 heteroatoms. The predicted octanol–water partition coefficient (Wildman–Crippen LogP) is 2.85. The van der Waals surface area contributed by atoms with Gasteiger partial charge in [0.15, 0.2) is 5.17 Å². The van der Waals surface area contributed by atoms with Gasteiger partial charge in [-0.3, -0.25) is 9.59 Å². The Morgan fingerprint density at radius 1 is 1.35 bits per heavy atom. The molecule has 0 aliphatic carbocycles. The Balaban J connectivity index is 1.57. The van der Waals surface area contributed by atoms with Crippen molar-refractivity contribution in [3.8, 4) is 0 Å². The maximum atomic E-state index is 12.3. The first-order valence-electron chi connectivity index (χ1n) is 8.01. The normalized spacial score (nSPS) is 18.5. The molecule has 2 N–H and O–H groups in total. The van der Waals surface area contributed by atoms with E-state index in [9.17, 15) is 9.59 Å². The zero-order valence-corrected chi connectivity index (χ0v) is 15.2. The molecule has 2 amide bonds. The number of nitrogens with zero attached hydrogens (tertiary/aromatic N) is 2. The highest BCUT2D eigenvalue weighted by atomic mass is 32.2. The quantitative estimate of drug-likeness (QED) is 0.625. The van der Waals surface area contributed by atoms with Crippen molar-refractivity contribution in [3.63, 3.8) is 0 Å². The summed E-state index contributed by atoms with van der Waals surface area (Å²) in [5, 5.41) is 13.1. The smallest absolute Gasteiger partial charge is 0.240 e. The first-order chi connectivity index (χ1) is 12.5. The van der Waals surface area contributed by atoms with E-state index in [1.165, 1.54) is 24.2 Å². The van der Waals surface area contributed by atoms with Crippen LogP contribution in [-0.2, 0) is 9.59 Å². The molecule has 0 radical (unpaired) electrons. The van der Waals surface area contributed by atoms with Gasteiger partial charge in [0.2, 0.25) is 11.8 Å². The third-order valence-corrected chi connectivity index (χ3v) is 4.97. The summed E-state index contributed by atoms with van der Waals surface area (Å²) in [6.07, 6.45) is 3.04. The molecule has 0 bridgehead atoms. The SMILES string of the molecule is Cc1cccc(NC(=O)C[C@@H]2S/C(=N/N=C\c3ccco3)NC2=O)c1C. The third kappa shape index (κ3) is 4.40. The minimum absolute atomic E-state index is 0.0603. The van der Waals surface area contributed by atoms with Gasteiger partial charge in [0.25, 0.3) is 0 Å². The number of rotatable bonds is 5. The summed E-state index contributed by atoms with van der Waals surface area (Å²) in [5.41, 5.74) is 2.87. The number of anilines is 1. The fourth-order valence-electron chi connectivity index (χ4n) is 2.35. The molecular formula is C18H18N4O3S. The fourth-order valence-corrected chi connectivity index (χ4v) is 3.27. The number of carbonyl (C=O) groups excluding carboxylic acids is 2. The van der Waals surface area contributed by atoms with Crippen molar-refractivity contribution in [2.75, 3.05) is 5.32 Å². The van der Waals surface area contributed by atoms with Gasteiger partial charge < -0.3 is 15.1 Å². The van der Waals surface area contributed by atoms with Gasteiger partial charge in [0.1, 0.15) is 11.0 Å². The highest BCUT2D eigenvalue weighted by Crippen LogP contribution is 2.24. The molecule has 1 aromatic carbocycles. The second kappa shape index (κ2) is 8.01. The maximum Gasteiger partial charge on any atom is 0.240 e. The zero-order valence-electron chi connectivity index (χ0n) is 14.4. The second-order valence-electron chi connectivity index (χ2n) is 5.76. The van der Waals surface area contributed by atoms with Crippen molar-refractivity contribution in [3.05, 3.63) is 53.5 Å². The van der Waals surface area contributed by atoms with E-state index in [1.54, 1.807) is 12.1 Å². The van der Waals surface area contributed by atoms with E-state index in [0.717, 1.165) is 16.8 Å². The van der Waals surface area contributed by atoms with Crippen molar-refractivity contribution in [2.45, 2.75) is 25.5 Å². The molecule has 3 rings (SSSR count). The minimum atomic E-state index is -0.530. The van der Waals surface area contributed by atoms with Gasteiger partial charge in [-0.25, -0.2) is 0 Å². The Labute approximate surface area is 155 Å². The summed E-state index contributed by atoms with van der Waals surface area (Å²) < 4.78 is 5.10. The van der Waals surface area contributed by atoms with Crippen molar-refractivity contribution < 1.29 is 14.0 Å². The van der Waals surface area contributed by atoms with Crippen LogP contribution in [0.5, 0.6) is 0 Å². The van der Waals surface area contributed by atoms with E-state index in [-0.39, 0.29) is 18.2 Å². The molecule has 7 nitrogen and oxygen atoms in total. The highest BCUT2D eigenvalue weighted by Gasteiger charge is 2.32. The molecule has 2 heterocycles. The Kier molecular flexibility index (Phi) is 5.52. The lowest BCUT2D eigenvalue weighted by atomic mass is 10.1. The molecule has 0 saturated carbocycles. The van der Waals surface area contributed by atoms with Gasteiger partial charge in [0, 0.05) is 12.1 Å². The Morgan fingerprint density at radius 2 is 2.19 bits per heavy atom. The van der Waals surface area contributed by atoms with Crippen LogP contribution in [0.2, 0.25) is 0 Å². The average Bonchev–Trinajstić information content (AvgIpc) is 3.22. The van der Waals surface area contributed by atoms with Crippen molar-refractivity contribution in [2.24, 2.45) is 10.2 Å². The standard InChI is InChI=1S/C18H18N4O3S/c1-11-5-3-7-14(12(11)2)20-16(23)9-15-17(24)21-18(26-15)22-19-10-13-6-4-8-25-13/h3-8,10,15H,9H2,1-2H3,(H,20,23)(H,21,22,24)/b19-10-/t15-/m0/s1. The third-order valence-electron chi connectivity index (χ3n) is 3.90. The number of thioether (sulfide) groups is 1. The Hall–Kier alpha value is -2.87. The van der Waals surface area contributed by atoms with E-state index in [4.69, 9.17) is 4.42 Å². The van der Waals surface area contributed by atoms with Gasteiger partial charge in [-0.1, -0.05) is 23.9 Å². The van der Waals surface area contributed by atoms with Gasteiger partial charge in [0.05, 0.1) is 12.5 Å². The fraction of sp³-hybridized carbons (Fsp3) is 0.222. The van der Waals surface area contributed by atoms with Gasteiger partial charge in [-0.05, 0) is 43.2 Å². The van der Waals surface area contributed by atoms with Crippen LogP contribution in [0.15, 0.2) is 51.2 Å². The van der Waals surface area contributed by atoms with Crippen LogP contribution in [0.1, 0.15) is 23.3 Å². The summed E-state index contributed by atoms with van der Waals surface area (Å²) in [7, 11) is 0. The lowest BCUT2D eigenvalue weighted by Crippen LogP contribution is -2.28.